The van der Waals surface area contributed by atoms with Crippen molar-refractivity contribution in [2.45, 2.75) is 55.6 Å². The van der Waals surface area contributed by atoms with Crippen LogP contribution < -0.4 is 26.2 Å². The molecule has 3 aromatic heterocycles. The molecule has 3 amide bonds. The summed E-state index contributed by atoms with van der Waals surface area (Å²) in [6.07, 6.45) is 0.168. The number of nitrogens with zero attached hydrogens (tertiary/aromatic N) is 6. The highest BCUT2D eigenvalue weighted by Gasteiger charge is 2.44. The number of imidazole rings is 1. The van der Waals surface area contributed by atoms with E-state index in [9.17, 15) is 24.9 Å². The normalized spacial score (nSPS) is 21.5. The van der Waals surface area contributed by atoms with Gasteiger partial charge in [-0.1, -0.05) is 66.7 Å². The zero-order valence-electron chi connectivity index (χ0n) is 27.7. The Bertz CT molecular complexity index is 1910. The Labute approximate surface area is 293 Å². The predicted octanol–water partition coefficient (Wildman–Crippen LogP) is 2.85. The second kappa shape index (κ2) is 15.0. The SMILES string of the molecule is O=C(O)N[C@H]1C[C@@H](n2cnc3c(NCC(c4ccccc4)c4ccccc4)nc(N4CC[C@@H](NC(=O)NCc5ccccn5)C4)nc32)[C@H](O)[C@@H]1O. The van der Waals surface area contributed by atoms with Gasteiger partial charge in [-0.3, -0.25) is 4.98 Å². The lowest BCUT2D eigenvalue weighted by atomic mass is 9.91. The van der Waals surface area contributed by atoms with Gasteiger partial charge in [0.1, 0.15) is 12.2 Å². The van der Waals surface area contributed by atoms with Crippen LogP contribution >= 0.6 is 0 Å². The lowest BCUT2D eigenvalue weighted by molar-refractivity contribution is 0.0146. The van der Waals surface area contributed by atoms with Gasteiger partial charge in [0, 0.05) is 37.8 Å². The molecule has 0 radical (unpaired) electrons. The Morgan fingerprint density at radius 1 is 0.882 bits per heavy atom. The molecule has 7 N–H and O–H groups in total. The molecule has 5 aromatic rings. The molecule has 7 rings (SSSR count). The molecule has 2 fully saturated rings. The number of hydrogen-bond donors (Lipinski definition) is 7. The maximum absolute atomic E-state index is 12.7. The molecule has 0 spiro atoms. The minimum atomic E-state index is -1.31. The minimum absolute atomic E-state index is 0.0115. The average molecular weight is 693 g/mol. The monoisotopic (exact) mass is 692 g/mol. The molecule has 15 heteroatoms. The van der Waals surface area contributed by atoms with E-state index in [0.717, 1.165) is 16.8 Å². The minimum Gasteiger partial charge on any atom is -0.465 e. The third-order valence-electron chi connectivity index (χ3n) is 9.57. The van der Waals surface area contributed by atoms with Gasteiger partial charge >= 0.3 is 12.1 Å². The number of aliphatic hydroxyl groups is 2. The van der Waals surface area contributed by atoms with Crippen LogP contribution in [0.15, 0.2) is 91.4 Å². The molecule has 1 aliphatic heterocycles. The molecule has 2 aromatic carbocycles. The number of carbonyl (C=O) groups is 2. The molecule has 1 aliphatic carbocycles. The van der Waals surface area contributed by atoms with Gasteiger partial charge in [0.25, 0.3) is 0 Å². The fraction of sp³-hybridized carbons (Fsp3) is 0.333. The van der Waals surface area contributed by atoms with E-state index in [1.807, 2.05) is 59.5 Å². The number of aliphatic hydroxyl groups excluding tert-OH is 2. The highest BCUT2D eigenvalue weighted by molar-refractivity contribution is 5.84. The van der Waals surface area contributed by atoms with Gasteiger partial charge in [-0.2, -0.15) is 9.97 Å². The van der Waals surface area contributed by atoms with E-state index in [1.54, 1.807) is 17.1 Å². The van der Waals surface area contributed by atoms with E-state index in [2.05, 4.69) is 55.5 Å². The first-order chi connectivity index (χ1) is 24.8. The summed E-state index contributed by atoms with van der Waals surface area (Å²) in [7, 11) is 0. The molecule has 0 bridgehead atoms. The lowest BCUT2D eigenvalue weighted by Gasteiger charge is -2.22. The fourth-order valence-electron chi connectivity index (χ4n) is 6.97. The number of carbonyl (C=O) groups excluding carboxylic acids is 1. The number of amides is 3. The summed E-state index contributed by atoms with van der Waals surface area (Å²) >= 11 is 0. The van der Waals surface area contributed by atoms with E-state index in [4.69, 9.17) is 9.97 Å². The number of aromatic nitrogens is 5. The summed E-state index contributed by atoms with van der Waals surface area (Å²) < 4.78 is 1.69. The molecule has 4 heterocycles. The summed E-state index contributed by atoms with van der Waals surface area (Å²) in [5.74, 6) is 0.889. The zero-order valence-corrected chi connectivity index (χ0v) is 27.7. The van der Waals surface area contributed by atoms with Crippen LogP contribution in [0.2, 0.25) is 0 Å². The van der Waals surface area contributed by atoms with Crippen molar-refractivity contribution in [2.24, 2.45) is 0 Å². The molecule has 51 heavy (non-hydrogen) atoms. The van der Waals surface area contributed by atoms with Crippen molar-refractivity contribution in [2.75, 3.05) is 29.9 Å². The molecular formula is C36H40N10O5. The first-order valence-corrected chi connectivity index (χ1v) is 17.0. The second-order valence-electron chi connectivity index (χ2n) is 12.9. The molecule has 264 valence electrons. The van der Waals surface area contributed by atoms with E-state index < -0.39 is 30.4 Å². The predicted molar refractivity (Wildman–Crippen MR) is 189 cm³/mol. The third-order valence-corrected chi connectivity index (χ3v) is 9.57. The highest BCUT2D eigenvalue weighted by atomic mass is 16.4. The van der Waals surface area contributed by atoms with Crippen molar-refractivity contribution in [3.63, 3.8) is 0 Å². The zero-order chi connectivity index (χ0) is 35.3. The first kappa shape index (κ1) is 33.7. The van der Waals surface area contributed by atoms with Crippen molar-refractivity contribution >= 4 is 35.1 Å². The molecule has 1 saturated carbocycles. The number of hydrogen-bond acceptors (Lipinski definition) is 10. The van der Waals surface area contributed by atoms with E-state index in [-0.39, 0.29) is 24.4 Å². The average Bonchev–Trinajstić information content (AvgIpc) is 3.86. The van der Waals surface area contributed by atoms with Crippen LogP contribution in [0, 0.1) is 0 Å². The van der Waals surface area contributed by atoms with E-state index >= 15 is 0 Å². The number of pyridine rings is 1. The van der Waals surface area contributed by atoms with Gasteiger partial charge in [0.15, 0.2) is 17.0 Å². The van der Waals surface area contributed by atoms with Crippen LogP contribution in [0.4, 0.5) is 21.4 Å². The maximum Gasteiger partial charge on any atom is 0.404 e. The van der Waals surface area contributed by atoms with E-state index in [0.29, 0.717) is 55.5 Å². The number of urea groups is 1. The van der Waals surface area contributed by atoms with Gasteiger partial charge in [0.05, 0.1) is 30.6 Å². The summed E-state index contributed by atoms with van der Waals surface area (Å²) in [6.45, 7) is 1.83. The number of anilines is 2. The summed E-state index contributed by atoms with van der Waals surface area (Å²) in [5, 5.41) is 42.8. The van der Waals surface area contributed by atoms with Crippen molar-refractivity contribution in [1.29, 1.82) is 0 Å². The Balaban J connectivity index is 1.16. The van der Waals surface area contributed by atoms with Gasteiger partial charge in [-0.25, -0.2) is 14.6 Å². The van der Waals surface area contributed by atoms with Crippen LogP contribution in [-0.2, 0) is 6.54 Å². The highest BCUT2D eigenvalue weighted by Crippen LogP contribution is 2.35. The van der Waals surface area contributed by atoms with Crippen LogP contribution in [0.5, 0.6) is 0 Å². The molecule has 0 unspecified atom stereocenters. The van der Waals surface area contributed by atoms with Crippen LogP contribution in [0.1, 0.15) is 41.6 Å². The second-order valence-corrected chi connectivity index (χ2v) is 12.9. The molecule has 2 aliphatic rings. The van der Waals surface area contributed by atoms with Crippen molar-refractivity contribution in [1.82, 2.24) is 40.5 Å². The van der Waals surface area contributed by atoms with Gasteiger partial charge in [-0.15, -0.1) is 0 Å². The Kier molecular flexibility index (Phi) is 9.90. The van der Waals surface area contributed by atoms with Gasteiger partial charge in [0.2, 0.25) is 5.95 Å². The number of benzene rings is 2. The molecule has 15 nitrogen and oxygen atoms in total. The quantitative estimate of drug-likeness (QED) is 0.107. The summed E-state index contributed by atoms with van der Waals surface area (Å²) in [4.78, 5) is 44.9. The molecule has 5 atom stereocenters. The maximum atomic E-state index is 12.7. The smallest absolute Gasteiger partial charge is 0.404 e. The largest absolute Gasteiger partial charge is 0.465 e. The standard InChI is InChI=1S/C36H40N10O5/c47-30-27(42-36(50)51)17-28(31(30)48)46-21-40-29-32(38-19-26(22-9-3-1-4-10-22)23-11-5-2-6-12-23)43-34(44-33(29)46)45-16-14-25(20-45)41-35(49)39-18-24-13-7-8-15-37-24/h1-13,15,21,25-28,30-31,42,47-48H,14,16-20H2,(H,50,51)(H,38,43,44)(H2,39,41,49)/t25-,27+,28-,30-,31+/m1/s1. The van der Waals surface area contributed by atoms with Crippen molar-refractivity contribution in [3.8, 4) is 0 Å². The number of carboxylic acid groups (broad SMARTS) is 1. The Hall–Kier alpha value is -5.80. The van der Waals surface area contributed by atoms with Crippen LogP contribution in [-0.4, -0.2) is 95.9 Å². The number of rotatable bonds is 11. The fourth-order valence-corrected chi connectivity index (χ4v) is 6.97. The van der Waals surface area contributed by atoms with Crippen molar-refractivity contribution < 1.29 is 24.9 Å². The Morgan fingerprint density at radius 3 is 2.29 bits per heavy atom. The molecular weight excluding hydrogens is 652 g/mol. The number of nitrogens with one attached hydrogen (secondary N) is 4. The third kappa shape index (κ3) is 7.54. The van der Waals surface area contributed by atoms with Crippen LogP contribution in [0.25, 0.3) is 11.2 Å². The van der Waals surface area contributed by atoms with E-state index in [1.165, 1.54) is 0 Å². The Morgan fingerprint density at radius 2 is 1.61 bits per heavy atom. The number of fused-ring (bicyclic) bond motifs is 1. The van der Waals surface area contributed by atoms with Gasteiger partial charge < -0.3 is 46.1 Å². The van der Waals surface area contributed by atoms with Crippen molar-refractivity contribution in [3.05, 3.63) is 108 Å². The summed E-state index contributed by atoms with van der Waals surface area (Å²) in [5.41, 5.74) is 3.91. The van der Waals surface area contributed by atoms with Gasteiger partial charge in [-0.05, 0) is 36.1 Å². The lowest BCUT2D eigenvalue weighted by Crippen LogP contribution is -2.43. The molecule has 1 saturated heterocycles. The topological polar surface area (TPSA) is 203 Å². The van der Waals surface area contributed by atoms with Crippen LogP contribution in [0.3, 0.4) is 0 Å². The summed E-state index contributed by atoms with van der Waals surface area (Å²) in [6, 6.07) is 23.9. The first-order valence-electron chi connectivity index (χ1n) is 17.0.